The Morgan fingerprint density at radius 1 is 1.31 bits per heavy atom. The summed E-state index contributed by atoms with van der Waals surface area (Å²) in [4.78, 5) is 31.6. The van der Waals surface area contributed by atoms with Crippen molar-refractivity contribution in [3.63, 3.8) is 0 Å². The van der Waals surface area contributed by atoms with E-state index >= 15 is 0 Å². The van der Waals surface area contributed by atoms with Crippen LogP contribution in [0.5, 0.6) is 0 Å². The van der Waals surface area contributed by atoms with Gasteiger partial charge in [0.2, 0.25) is 0 Å². The predicted octanol–water partition coefficient (Wildman–Crippen LogP) is 4.03. The number of carbonyl (C=O) groups is 1. The highest BCUT2D eigenvalue weighted by atomic mass is 35.5. The molecule has 1 aliphatic rings. The Kier molecular flexibility index (Phi) is 6.28. The lowest BCUT2D eigenvalue weighted by atomic mass is 9.98. The largest absolute Gasteiger partial charge is 0.362 e. The molecule has 1 saturated heterocycles. The van der Waals surface area contributed by atoms with E-state index < -0.39 is 4.92 Å². The molecular weight excluding hydrogens is 414 g/mol. The highest BCUT2D eigenvalue weighted by Gasteiger charge is 2.26. The molecule has 0 saturated carbocycles. The van der Waals surface area contributed by atoms with Crippen LogP contribution in [0.4, 0.5) is 16.2 Å². The molecule has 0 bridgehead atoms. The van der Waals surface area contributed by atoms with Gasteiger partial charge >= 0.3 is 6.03 Å². The number of nitro groups is 1. The molecule has 10 heteroatoms. The number of amides is 2. The molecule has 1 aromatic heterocycles. The first-order valence-corrected chi connectivity index (χ1v) is 10.6. The van der Waals surface area contributed by atoms with Gasteiger partial charge in [-0.05, 0) is 12.1 Å². The Bertz CT molecular complexity index is 903. The molecule has 1 aromatic carbocycles. The predicted molar refractivity (Wildman–Crippen MR) is 115 cm³/mol. The number of piperazine rings is 1. The summed E-state index contributed by atoms with van der Waals surface area (Å²) in [5.74, 6) is 0. The average molecular weight is 438 g/mol. The molecule has 2 aromatic rings. The van der Waals surface area contributed by atoms with E-state index in [9.17, 15) is 14.9 Å². The zero-order valence-corrected chi connectivity index (χ0v) is 18.2. The number of rotatable bonds is 4. The second-order valence-corrected chi connectivity index (χ2v) is 9.21. The summed E-state index contributed by atoms with van der Waals surface area (Å²) in [5, 5.41) is 17.6. The van der Waals surface area contributed by atoms with Crippen molar-refractivity contribution in [1.82, 2.24) is 15.2 Å². The molecule has 1 aliphatic heterocycles. The Morgan fingerprint density at radius 3 is 2.59 bits per heavy atom. The van der Waals surface area contributed by atoms with Crippen LogP contribution in [0.1, 0.15) is 31.5 Å². The van der Waals surface area contributed by atoms with Crippen LogP contribution >= 0.6 is 22.9 Å². The molecule has 156 valence electrons. The Labute approximate surface area is 178 Å². The van der Waals surface area contributed by atoms with Crippen LogP contribution in [-0.2, 0) is 12.0 Å². The third kappa shape index (κ3) is 5.16. The fourth-order valence-electron chi connectivity index (χ4n) is 3.07. The van der Waals surface area contributed by atoms with Gasteiger partial charge in [0.05, 0.1) is 22.2 Å². The number of nitro benzene ring substituents is 1. The molecule has 0 unspecified atom stereocenters. The standard InChI is InChI=1S/C19H24ClN5O3S/c1-19(2,3)17-22-14(12-29-17)11-21-18(26)24-8-6-23(7-9-24)15-5-4-13(20)10-16(15)25(27)28/h4-5,10,12H,6-9,11H2,1-3H3,(H,21,26). The number of benzene rings is 1. The van der Waals surface area contributed by atoms with Gasteiger partial charge in [0.15, 0.2) is 0 Å². The van der Waals surface area contributed by atoms with Gasteiger partial charge in [-0.1, -0.05) is 32.4 Å². The van der Waals surface area contributed by atoms with Crippen molar-refractivity contribution in [3.05, 3.63) is 49.4 Å². The van der Waals surface area contributed by atoms with Crippen molar-refractivity contribution >= 4 is 40.3 Å². The summed E-state index contributed by atoms with van der Waals surface area (Å²) >= 11 is 7.49. The number of aromatic nitrogens is 1. The fourth-order valence-corrected chi connectivity index (χ4v) is 4.14. The minimum atomic E-state index is -0.431. The summed E-state index contributed by atoms with van der Waals surface area (Å²) in [6.45, 7) is 8.71. The smallest absolute Gasteiger partial charge is 0.317 e. The lowest BCUT2D eigenvalue weighted by Crippen LogP contribution is -2.51. The van der Waals surface area contributed by atoms with Crippen LogP contribution in [-0.4, -0.2) is 47.0 Å². The molecule has 29 heavy (non-hydrogen) atoms. The highest BCUT2D eigenvalue weighted by Crippen LogP contribution is 2.31. The first-order chi connectivity index (χ1) is 13.6. The minimum absolute atomic E-state index is 0.00642. The number of hydrogen-bond donors (Lipinski definition) is 1. The summed E-state index contributed by atoms with van der Waals surface area (Å²) < 4.78 is 0. The molecular formula is C19H24ClN5O3S. The lowest BCUT2D eigenvalue weighted by Gasteiger charge is -2.35. The van der Waals surface area contributed by atoms with E-state index in [2.05, 4.69) is 31.1 Å². The van der Waals surface area contributed by atoms with Gasteiger partial charge in [-0.3, -0.25) is 10.1 Å². The third-order valence-electron chi connectivity index (χ3n) is 4.66. The van der Waals surface area contributed by atoms with Gasteiger partial charge in [-0.2, -0.15) is 0 Å². The molecule has 2 amide bonds. The Hall–Kier alpha value is -2.39. The first kappa shape index (κ1) is 21.3. The number of carbonyl (C=O) groups excluding carboxylic acids is 1. The van der Waals surface area contributed by atoms with Crippen molar-refractivity contribution in [2.75, 3.05) is 31.1 Å². The van der Waals surface area contributed by atoms with Crippen molar-refractivity contribution in [3.8, 4) is 0 Å². The van der Waals surface area contributed by atoms with Gasteiger partial charge in [-0.15, -0.1) is 11.3 Å². The monoisotopic (exact) mass is 437 g/mol. The van der Waals surface area contributed by atoms with Crippen LogP contribution in [0.25, 0.3) is 0 Å². The van der Waals surface area contributed by atoms with E-state index in [0.29, 0.717) is 43.4 Å². The second kappa shape index (κ2) is 8.54. The zero-order chi connectivity index (χ0) is 21.2. The molecule has 2 heterocycles. The molecule has 0 atom stereocenters. The van der Waals surface area contributed by atoms with Crippen LogP contribution in [0.3, 0.4) is 0 Å². The summed E-state index contributed by atoms with van der Waals surface area (Å²) in [7, 11) is 0. The summed E-state index contributed by atoms with van der Waals surface area (Å²) in [6, 6.07) is 4.50. The molecule has 0 aliphatic carbocycles. The van der Waals surface area contributed by atoms with Gasteiger partial charge in [0.25, 0.3) is 5.69 Å². The van der Waals surface area contributed by atoms with E-state index in [4.69, 9.17) is 11.6 Å². The molecule has 8 nitrogen and oxygen atoms in total. The zero-order valence-electron chi connectivity index (χ0n) is 16.6. The molecule has 3 rings (SSSR count). The summed E-state index contributed by atoms with van der Waals surface area (Å²) in [6.07, 6.45) is 0. The number of urea groups is 1. The van der Waals surface area contributed by atoms with Crippen molar-refractivity contribution in [1.29, 1.82) is 0 Å². The van der Waals surface area contributed by atoms with Gasteiger partial charge in [-0.25, -0.2) is 9.78 Å². The highest BCUT2D eigenvalue weighted by molar-refractivity contribution is 7.09. The molecule has 1 N–H and O–H groups in total. The van der Waals surface area contributed by atoms with Crippen molar-refractivity contribution in [2.45, 2.75) is 32.7 Å². The van der Waals surface area contributed by atoms with E-state index in [-0.39, 0.29) is 17.1 Å². The maximum atomic E-state index is 12.5. The number of hydrogen-bond acceptors (Lipinski definition) is 6. The maximum absolute atomic E-state index is 12.5. The fraction of sp³-hybridized carbons (Fsp3) is 0.474. The van der Waals surface area contributed by atoms with E-state index in [1.807, 2.05) is 10.3 Å². The number of anilines is 1. The number of halogens is 1. The third-order valence-corrected chi connectivity index (χ3v) is 6.21. The molecule has 0 radical (unpaired) electrons. The van der Waals surface area contributed by atoms with Gasteiger partial charge in [0, 0.05) is 48.1 Å². The van der Waals surface area contributed by atoms with E-state index in [0.717, 1.165) is 10.7 Å². The van der Waals surface area contributed by atoms with Gasteiger partial charge < -0.3 is 15.1 Å². The van der Waals surface area contributed by atoms with Crippen LogP contribution in [0.15, 0.2) is 23.6 Å². The van der Waals surface area contributed by atoms with Crippen molar-refractivity contribution < 1.29 is 9.72 Å². The minimum Gasteiger partial charge on any atom is -0.362 e. The molecule has 1 fully saturated rings. The summed E-state index contributed by atoms with van der Waals surface area (Å²) in [5.41, 5.74) is 1.35. The SMILES string of the molecule is CC(C)(C)c1nc(CNC(=O)N2CCN(c3ccc(Cl)cc3[N+](=O)[O-])CC2)cs1. The quantitative estimate of drug-likeness (QED) is 0.575. The van der Waals surface area contributed by atoms with Crippen LogP contribution in [0, 0.1) is 10.1 Å². The Balaban J connectivity index is 1.55. The van der Waals surface area contributed by atoms with E-state index in [1.54, 1.807) is 28.4 Å². The number of nitrogens with zero attached hydrogens (tertiary/aromatic N) is 4. The Morgan fingerprint density at radius 2 is 2.00 bits per heavy atom. The van der Waals surface area contributed by atoms with Crippen molar-refractivity contribution in [2.24, 2.45) is 0 Å². The average Bonchev–Trinajstić information content (AvgIpc) is 3.16. The molecule has 0 spiro atoms. The second-order valence-electron chi connectivity index (χ2n) is 7.92. The van der Waals surface area contributed by atoms with Gasteiger partial charge in [0.1, 0.15) is 5.69 Å². The number of nitrogens with one attached hydrogen (secondary N) is 1. The first-order valence-electron chi connectivity index (χ1n) is 9.31. The lowest BCUT2D eigenvalue weighted by molar-refractivity contribution is -0.384. The van der Waals surface area contributed by atoms with E-state index in [1.165, 1.54) is 6.07 Å². The maximum Gasteiger partial charge on any atom is 0.317 e. The number of thiazole rings is 1. The van der Waals surface area contributed by atoms with Crippen LogP contribution < -0.4 is 10.2 Å². The van der Waals surface area contributed by atoms with Crippen LogP contribution in [0.2, 0.25) is 5.02 Å². The topological polar surface area (TPSA) is 91.6 Å². The normalized spacial score (nSPS) is 14.8.